The summed E-state index contributed by atoms with van der Waals surface area (Å²) in [6, 6.07) is 8.24. The lowest BCUT2D eigenvalue weighted by atomic mass is 9.96. The molecule has 0 radical (unpaired) electrons. The number of carbonyl (C=O) groups excluding carboxylic acids is 1. The van der Waals surface area contributed by atoms with Crippen LogP contribution in [0.5, 0.6) is 5.75 Å². The standard InChI is InChI=1S/C19H26N4O3/c1-4-13(2)20-17(24)14-9-11-23(12-10-14)19-22-21-18(26-19)15-5-7-16(25-3)8-6-15/h5-8,13-14H,4,9-12H2,1-3H3,(H,20,24)/t13-/m1/s1. The fourth-order valence-electron chi connectivity index (χ4n) is 2.99. The van der Waals surface area contributed by atoms with Gasteiger partial charge in [-0.25, -0.2) is 0 Å². The zero-order valence-electron chi connectivity index (χ0n) is 15.6. The van der Waals surface area contributed by atoms with Crippen LogP contribution in [0.4, 0.5) is 6.01 Å². The predicted molar refractivity (Wildman–Crippen MR) is 99.1 cm³/mol. The topological polar surface area (TPSA) is 80.5 Å². The summed E-state index contributed by atoms with van der Waals surface area (Å²) in [6.07, 6.45) is 2.53. The Morgan fingerprint density at radius 2 is 2.00 bits per heavy atom. The van der Waals surface area contributed by atoms with Gasteiger partial charge in [0.15, 0.2) is 0 Å². The van der Waals surface area contributed by atoms with Gasteiger partial charge in [0.1, 0.15) is 5.75 Å². The van der Waals surface area contributed by atoms with Crippen LogP contribution in [0.15, 0.2) is 28.7 Å². The Bertz CT molecular complexity index is 721. The van der Waals surface area contributed by atoms with E-state index in [4.69, 9.17) is 9.15 Å². The molecule has 1 amide bonds. The first kappa shape index (κ1) is 18.2. The number of carbonyl (C=O) groups is 1. The van der Waals surface area contributed by atoms with Crippen LogP contribution < -0.4 is 15.0 Å². The fourth-order valence-corrected chi connectivity index (χ4v) is 2.99. The van der Waals surface area contributed by atoms with E-state index in [2.05, 4.69) is 22.4 Å². The van der Waals surface area contributed by atoms with E-state index < -0.39 is 0 Å². The van der Waals surface area contributed by atoms with Gasteiger partial charge >= 0.3 is 6.01 Å². The summed E-state index contributed by atoms with van der Waals surface area (Å²) in [4.78, 5) is 14.3. The van der Waals surface area contributed by atoms with Crippen molar-refractivity contribution in [1.29, 1.82) is 0 Å². The molecule has 0 aliphatic carbocycles. The summed E-state index contributed by atoms with van der Waals surface area (Å²) in [5.41, 5.74) is 0.854. The minimum Gasteiger partial charge on any atom is -0.497 e. The number of amides is 1. The molecule has 0 unspecified atom stereocenters. The minimum atomic E-state index is 0.0595. The van der Waals surface area contributed by atoms with Crippen molar-refractivity contribution in [1.82, 2.24) is 15.5 Å². The molecule has 0 bridgehead atoms. The molecule has 7 nitrogen and oxygen atoms in total. The number of benzene rings is 1. The lowest BCUT2D eigenvalue weighted by Gasteiger charge is -2.30. The van der Waals surface area contributed by atoms with E-state index in [0.717, 1.165) is 43.7 Å². The molecule has 1 fully saturated rings. The van der Waals surface area contributed by atoms with E-state index in [1.807, 2.05) is 36.1 Å². The smallest absolute Gasteiger partial charge is 0.318 e. The van der Waals surface area contributed by atoms with Gasteiger partial charge in [-0.2, -0.15) is 0 Å². The number of methoxy groups -OCH3 is 1. The molecular weight excluding hydrogens is 332 g/mol. The quantitative estimate of drug-likeness (QED) is 0.855. The number of piperidine rings is 1. The van der Waals surface area contributed by atoms with Gasteiger partial charge in [0.2, 0.25) is 11.8 Å². The van der Waals surface area contributed by atoms with Crippen molar-refractivity contribution in [2.75, 3.05) is 25.1 Å². The van der Waals surface area contributed by atoms with Gasteiger partial charge in [0, 0.05) is 30.6 Å². The first-order valence-electron chi connectivity index (χ1n) is 9.14. The number of nitrogens with zero attached hydrogens (tertiary/aromatic N) is 3. The Hall–Kier alpha value is -2.57. The van der Waals surface area contributed by atoms with Crippen molar-refractivity contribution >= 4 is 11.9 Å². The second-order valence-corrected chi connectivity index (χ2v) is 6.70. The first-order chi connectivity index (χ1) is 12.6. The molecule has 7 heteroatoms. The van der Waals surface area contributed by atoms with Crippen LogP contribution in [-0.2, 0) is 4.79 Å². The van der Waals surface area contributed by atoms with E-state index in [1.54, 1.807) is 7.11 Å². The Labute approximate surface area is 153 Å². The van der Waals surface area contributed by atoms with Crippen LogP contribution >= 0.6 is 0 Å². The van der Waals surface area contributed by atoms with Crippen molar-refractivity contribution in [2.24, 2.45) is 5.92 Å². The average molecular weight is 358 g/mol. The highest BCUT2D eigenvalue weighted by molar-refractivity contribution is 5.79. The zero-order valence-corrected chi connectivity index (χ0v) is 15.6. The van der Waals surface area contributed by atoms with E-state index in [9.17, 15) is 4.79 Å². The molecule has 3 rings (SSSR count). The van der Waals surface area contributed by atoms with E-state index in [0.29, 0.717) is 11.9 Å². The summed E-state index contributed by atoms with van der Waals surface area (Å²) in [7, 11) is 1.63. The highest BCUT2D eigenvalue weighted by Crippen LogP contribution is 2.27. The molecule has 1 N–H and O–H groups in total. The summed E-state index contributed by atoms with van der Waals surface area (Å²) in [5, 5.41) is 11.4. The third-order valence-electron chi connectivity index (χ3n) is 4.89. The molecule has 1 aromatic heterocycles. The monoisotopic (exact) mass is 358 g/mol. The lowest BCUT2D eigenvalue weighted by molar-refractivity contribution is -0.126. The molecule has 140 valence electrons. The normalized spacial score (nSPS) is 16.3. The molecule has 1 aromatic carbocycles. The van der Waals surface area contributed by atoms with Crippen molar-refractivity contribution in [2.45, 2.75) is 39.2 Å². The number of hydrogen-bond acceptors (Lipinski definition) is 6. The second-order valence-electron chi connectivity index (χ2n) is 6.70. The number of hydrogen-bond donors (Lipinski definition) is 1. The number of rotatable bonds is 6. The van der Waals surface area contributed by atoms with Crippen LogP contribution in [0.2, 0.25) is 0 Å². The molecule has 26 heavy (non-hydrogen) atoms. The number of ether oxygens (including phenoxy) is 1. The minimum absolute atomic E-state index is 0.0595. The molecule has 1 atom stereocenters. The molecule has 1 aliphatic heterocycles. The largest absolute Gasteiger partial charge is 0.497 e. The molecule has 0 saturated carbocycles. The van der Waals surface area contributed by atoms with Crippen LogP contribution in [0.25, 0.3) is 11.5 Å². The van der Waals surface area contributed by atoms with E-state index in [1.165, 1.54) is 0 Å². The van der Waals surface area contributed by atoms with Crippen LogP contribution in [-0.4, -0.2) is 42.3 Å². The Morgan fingerprint density at radius 1 is 1.31 bits per heavy atom. The van der Waals surface area contributed by atoms with Crippen molar-refractivity contribution in [3.05, 3.63) is 24.3 Å². The van der Waals surface area contributed by atoms with Gasteiger partial charge in [0.05, 0.1) is 7.11 Å². The van der Waals surface area contributed by atoms with Gasteiger partial charge in [0.25, 0.3) is 0 Å². The summed E-state index contributed by atoms with van der Waals surface area (Å²) in [6.45, 7) is 5.58. The number of anilines is 1. The maximum absolute atomic E-state index is 12.3. The molecule has 2 heterocycles. The maximum atomic E-state index is 12.3. The van der Waals surface area contributed by atoms with E-state index in [-0.39, 0.29) is 17.9 Å². The summed E-state index contributed by atoms with van der Waals surface area (Å²) >= 11 is 0. The van der Waals surface area contributed by atoms with Crippen molar-refractivity contribution in [3.63, 3.8) is 0 Å². The van der Waals surface area contributed by atoms with Crippen molar-refractivity contribution < 1.29 is 13.9 Å². The molecule has 1 saturated heterocycles. The Morgan fingerprint density at radius 3 is 2.62 bits per heavy atom. The Balaban J connectivity index is 1.58. The van der Waals surface area contributed by atoms with Gasteiger partial charge < -0.3 is 19.4 Å². The van der Waals surface area contributed by atoms with Crippen LogP contribution in [0.1, 0.15) is 33.1 Å². The van der Waals surface area contributed by atoms with Crippen LogP contribution in [0.3, 0.4) is 0 Å². The molecular formula is C19H26N4O3. The average Bonchev–Trinajstić information content (AvgIpc) is 3.18. The fraction of sp³-hybridized carbons (Fsp3) is 0.526. The summed E-state index contributed by atoms with van der Waals surface area (Å²) in [5.74, 6) is 1.48. The third kappa shape index (κ3) is 4.15. The lowest BCUT2D eigenvalue weighted by Crippen LogP contribution is -2.43. The van der Waals surface area contributed by atoms with Gasteiger partial charge in [-0.05, 0) is 50.5 Å². The third-order valence-corrected chi connectivity index (χ3v) is 4.89. The van der Waals surface area contributed by atoms with Gasteiger partial charge in [-0.3, -0.25) is 4.79 Å². The van der Waals surface area contributed by atoms with Gasteiger partial charge in [-0.1, -0.05) is 12.0 Å². The maximum Gasteiger partial charge on any atom is 0.318 e. The predicted octanol–water partition coefficient (Wildman–Crippen LogP) is 2.88. The summed E-state index contributed by atoms with van der Waals surface area (Å²) < 4.78 is 11.0. The highest BCUT2D eigenvalue weighted by atomic mass is 16.5. The van der Waals surface area contributed by atoms with Gasteiger partial charge in [-0.15, -0.1) is 5.10 Å². The van der Waals surface area contributed by atoms with E-state index >= 15 is 0 Å². The zero-order chi connectivity index (χ0) is 18.5. The number of nitrogens with one attached hydrogen (secondary N) is 1. The van der Waals surface area contributed by atoms with Crippen LogP contribution in [0, 0.1) is 5.92 Å². The molecule has 1 aliphatic rings. The second kappa shape index (κ2) is 8.21. The molecule has 2 aromatic rings. The number of aromatic nitrogens is 2. The SMILES string of the molecule is CC[C@@H](C)NC(=O)C1CCN(c2nnc(-c3ccc(OC)cc3)o2)CC1. The Kier molecular flexibility index (Phi) is 5.75. The van der Waals surface area contributed by atoms with Crippen molar-refractivity contribution in [3.8, 4) is 17.2 Å². The molecule has 0 spiro atoms. The highest BCUT2D eigenvalue weighted by Gasteiger charge is 2.27. The first-order valence-corrected chi connectivity index (χ1v) is 9.14.